The molecule has 0 N–H and O–H groups in total. The van der Waals surface area contributed by atoms with Crippen molar-refractivity contribution in [1.29, 1.82) is 0 Å². The van der Waals surface area contributed by atoms with E-state index in [0.29, 0.717) is 11.3 Å². The van der Waals surface area contributed by atoms with Crippen LogP contribution in [0.2, 0.25) is 0 Å². The van der Waals surface area contributed by atoms with E-state index in [-0.39, 0.29) is 19.0 Å². The minimum absolute atomic E-state index is 0.0664. The molecule has 0 unspecified atom stereocenters. The van der Waals surface area contributed by atoms with E-state index in [1.165, 1.54) is 21.0 Å². The zero-order chi connectivity index (χ0) is 34.5. The fourth-order valence-electron chi connectivity index (χ4n) is 5.31. The number of aryl methyl sites for hydroxylation is 1. The molecule has 1 fully saturated rings. The average molecular weight is 657 g/mol. The fraction of sp³-hybridized carbons (Fsp3) is 0.514. The van der Waals surface area contributed by atoms with Crippen LogP contribution >= 0.6 is 0 Å². The Morgan fingerprint density at radius 2 is 1.43 bits per heavy atom. The average Bonchev–Trinajstić information content (AvgIpc) is 3.01. The van der Waals surface area contributed by atoms with Crippen molar-refractivity contribution in [2.45, 2.75) is 104 Å². The second-order valence-corrected chi connectivity index (χ2v) is 11.3. The summed E-state index contributed by atoms with van der Waals surface area (Å²) in [7, 11) is 1.33. The van der Waals surface area contributed by atoms with E-state index >= 15 is 0 Å². The molecule has 256 valence electrons. The highest BCUT2D eigenvalue weighted by Gasteiger charge is 2.53. The van der Waals surface area contributed by atoms with Gasteiger partial charge in [-0.3, -0.25) is 24.0 Å². The number of hydrogen-bond donors (Lipinski definition) is 0. The van der Waals surface area contributed by atoms with Crippen LogP contribution in [0.5, 0.6) is 5.75 Å². The van der Waals surface area contributed by atoms with E-state index in [9.17, 15) is 24.0 Å². The van der Waals surface area contributed by atoms with Crippen LogP contribution in [0.25, 0.3) is 11.1 Å². The molecule has 1 saturated heterocycles. The minimum Gasteiger partial charge on any atom is -0.469 e. The van der Waals surface area contributed by atoms with E-state index < -0.39 is 54.6 Å². The number of ether oxygens (including phenoxy) is 7. The lowest BCUT2D eigenvalue weighted by molar-refractivity contribution is -0.288. The number of carbonyl (C=O) groups excluding carboxylic acids is 5. The first-order chi connectivity index (χ1) is 22.4. The largest absolute Gasteiger partial charge is 0.469 e. The van der Waals surface area contributed by atoms with E-state index in [1.807, 2.05) is 36.4 Å². The van der Waals surface area contributed by atoms with Gasteiger partial charge in [0.1, 0.15) is 18.5 Å². The lowest BCUT2D eigenvalue weighted by atomic mass is 9.96. The van der Waals surface area contributed by atoms with Crippen LogP contribution in [0.15, 0.2) is 42.5 Å². The molecule has 0 spiro atoms. The van der Waals surface area contributed by atoms with Crippen molar-refractivity contribution in [3.05, 3.63) is 53.6 Å². The Hall–Kier alpha value is -4.45. The zero-order valence-electron chi connectivity index (χ0n) is 27.8. The Kier molecular flexibility index (Phi) is 14.2. The number of esters is 5. The van der Waals surface area contributed by atoms with E-state index in [0.717, 1.165) is 62.6 Å². The standard InChI is InChI=1S/C35H44O12/c1-7-8-9-10-12-25-15-16-29(28(18-25)27-14-11-13-26(17-27)19-31(40)41-6)46-35-34(45-24(5)39)33(44-23(4)38)32(43-22(3)37)30(47-35)20-42-21(2)36/h11,13-18,30,32-35H,7-10,12,19-20H2,1-6H3/t30-,32-,33+,34+,35+/m1/s1. The number of benzene rings is 2. The first-order valence-corrected chi connectivity index (χ1v) is 15.7. The third-order valence-electron chi connectivity index (χ3n) is 7.37. The van der Waals surface area contributed by atoms with Crippen molar-refractivity contribution < 1.29 is 57.1 Å². The second-order valence-electron chi connectivity index (χ2n) is 11.3. The van der Waals surface area contributed by atoms with Gasteiger partial charge in [-0.1, -0.05) is 56.5 Å². The van der Waals surface area contributed by atoms with Gasteiger partial charge in [0.05, 0.1) is 13.5 Å². The van der Waals surface area contributed by atoms with Crippen LogP contribution in [-0.4, -0.2) is 74.3 Å². The van der Waals surface area contributed by atoms with Crippen molar-refractivity contribution in [3.8, 4) is 16.9 Å². The van der Waals surface area contributed by atoms with Crippen molar-refractivity contribution in [2.75, 3.05) is 13.7 Å². The summed E-state index contributed by atoms with van der Waals surface area (Å²) in [6, 6.07) is 13.0. The molecule has 2 aromatic rings. The van der Waals surface area contributed by atoms with Crippen molar-refractivity contribution >= 4 is 29.8 Å². The number of carbonyl (C=O) groups is 5. The molecule has 0 aromatic heterocycles. The van der Waals surface area contributed by atoms with Crippen LogP contribution in [-0.2, 0) is 65.2 Å². The van der Waals surface area contributed by atoms with E-state index in [2.05, 4.69) is 6.92 Å². The quantitative estimate of drug-likeness (QED) is 0.149. The molecule has 5 atom stereocenters. The molecule has 0 bridgehead atoms. The molecule has 1 aliphatic rings. The smallest absolute Gasteiger partial charge is 0.309 e. The van der Waals surface area contributed by atoms with Gasteiger partial charge in [0.25, 0.3) is 0 Å². The Balaban J connectivity index is 2.10. The van der Waals surface area contributed by atoms with Gasteiger partial charge in [-0.15, -0.1) is 0 Å². The van der Waals surface area contributed by atoms with Gasteiger partial charge in [0.2, 0.25) is 12.4 Å². The fourth-order valence-corrected chi connectivity index (χ4v) is 5.31. The van der Waals surface area contributed by atoms with Gasteiger partial charge in [-0.25, -0.2) is 0 Å². The highest BCUT2D eigenvalue weighted by molar-refractivity contribution is 5.76. The van der Waals surface area contributed by atoms with Gasteiger partial charge in [0, 0.05) is 33.3 Å². The SMILES string of the molecule is CCCCCCc1ccc(O[C@H]2O[C@H](COC(C)=O)[C@@H](OC(C)=O)[C@H](OC(C)=O)[C@@H]2OC(C)=O)c(-c2cccc(CC(=O)OC)c2)c1. The summed E-state index contributed by atoms with van der Waals surface area (Å²) in [6.07, 6.45) is -1.40. The molecular formula is C35H44O12. The zero-order valence-corrected chi connectivity index (χ0v) is 27.8. The van der Waals surface area contributed by atoms with Crippen LogP contribution in [0.1, 0.15) is 71.4 Å². The van der Waals surface area contributed by atoms with Gasteiger partial charge in [0.15, 0.2) is 12.2 Å². The molecule has 0 radical (unpaired) electrons. The summed E-state index contributed by atoms with van der Waals surface area (Å²) in [5.74, 6) is -2.89. The first kappa shape index (κ1) is 37.0. The maximum Gasteiger partial charge on any atom is 0.309 e. The molecule has 0 saturated carbocycles. The highest BCUT2D eigenvalue weighted by atomic mass is 16.7. The number of methoxy groups -OCH3 is 1. The third-order valence-corrected chi connectivity index (χ3v) is 7.37. The maximum absolute atomic E-state index is 12.3. The molecule has 12 nitrogen and oxygen atoms in total. The van der Waals surface area contributed by atoms with Crippen molar-refractivity contribution in [2.24, 2.45) is 0 Å². The Morgan fingerprint density at radius 1 is 0.745 bits per heavy atom. The molecule has 12 heteroatoms. The number of hydrogen-bond acceptors (Lipinski definition) is 12. The molecule has 0 aliphatic carbocycles. The molecule has 3 rings (SSSR count). The Labute approximate surface area is 274 Å². The Bertz CT molecular complexity index is 1400. The van der Waals surface area contributed by atoms with Crippen molar-refractivity contribution in [3.63, 3.8) is 0 Å². The second kappa shape index (κ2) is 18.0. The third kappa shape index (κ3) is 11.4. The molecule has 47 heavy (non-hydrogen) atoms. The normalized spacial score (nSPS) is 20.4. The van der Waals surface area contributed by atoms with Crippen molar-refractivity contribution in [1.82, 2.24) is 0 Å². The van der Waals surface area contributed by atoms with Gasteiger partial charge < -0.3 is 33.2 Å². The lowest BCUT2D eigenvalue weighted by Crippen LogP contribution is -2.63. The van der Waals surface area contributed by atoms with Crippen LogP contribution < -0.4 is 4.74 Å². The van der Waals surface area contributed by atoms with Crippen LogP contribution in [0.3, 0.4) is 0 Å². The predicted octanol–water partition coefficient (Wildman–Crippen LogP) is 4.65. The summed E-state index contributed by atoms with van der Waals surface area (Å²) in [5, 5.41) is 0. The van der Waals surface area contributed by atoms with Gasteiger partial charge in [-0.2, -0.15) is 0 Å². The first-order valence-electron chi connectivity index (χ1n) is 15.7. The van der Waals surface area contributed by atoms with Gasteiger partial charge >= 0.3 is 29.8 Å². The maximum atomic E-state index is 12.3. The summed E-state index contributed by atoms with van der Waals surface area (Å²) < 4.78 is 39.2. The molecule has 1 heterocycles. The lowest BCUT2D eigenvalue weighted by Gasteiger charge is -2.44. The highest BCUT2D eigenvalue weighted by Crippen LogP contribution is 2.37. The summed E-state index contributed by atoms with van der Waals surface area (Å²) in [4.78, 5) is 60.4. The van der Waals surface area contributed by atoms with Gasteiger partial charge in [-0.05, 0) is 41.7 Å². The summed E-state index contributed by atoms with van der Waals surface area (Å²) in [6.45, 7) is 6.45. The molecular weight excluding hydrogens is 612 g/mol. The topological polar surface area (TPSA) is 150 Å². The summed E-state index contributed by atoms with van der Waals surface area (Å²) in [5.41, 5.74) is 3.18. The van der Waals surface area contributed by atoms with E-state index in [1.54, 1.807) is 6.07 Å². The molecule has 1 aliphatic heterocycles. The van der Waals surface area contributed by atoms with Crippen LogP contribution in [0.4, 0.5) is 0 Å². The number of unbranched alkanes of at least 4 members (excludes halogenated alkanes) is 3. The van der Waals surface area contributed by atoms with E-state index in [4.69, 9.17) is 33.2 Å². The predicted molar refractivity (Wildman–Crippen MR) is 168 cm³/mol. The molecule has 0 amide bonds. The van der Waals surface area contributed by atoms with Crippen LogP contribution in [0, 0.1) is 0 Å². The minimum atomic E-state index is -1.40. The molecule has 2 aromatic carbocycles. The Morgan fingerprint density at radius 3 is 2.06 bits per heavy atom. The summed E-state index contributed by atoms with van der Waals surface area (Å²) >= 11 is 0. The number of rotatable bonds is 15. The monoisotopic (exact) mass is 656 g/mol.